The van der Waals surface area contributed by atoms with E-state index in [1.807, 2.05) is 11.8 Å². The van der Waals surface area contributed by atoms with Gasteiger partial charge >= 0.3 is 0 Å². The van der Waals surface area contributed by atoms with Crippen LogP contribution in [-0.4, -0.2) is 54.1 Å². The molecule has 3 unspecified atom stereocenters. The Morgan fingerprint density at radius 2 is 2.00 bits per heavy atom. The quantitative estimate of drug-likeness (QED) is 0.809. The maximum atomic E-state index is 12.6. The molecule has 1 fully saturated rings. The number of hydrogen-bond acceptors (Lipinski definition) is 3. The summed E-state index contributed by atoms with van der Waals surface area (Å²) in [5, 5.41) is 3.45. The number of carbonyl (C=O) groups is 1. The van der Waals surface area contributed by atoms with Gasteiger partial charge in [0.2, 0.25) is 5.91 Å². The maximum absolute atomic E-state index is 12.6. The molecule has 0 aromatic carbocycles. The minimum absolute atomic E-state index is 0.120. The van der Waals surface area contributed by atoms with Crippen LogP contribution >= 0.6 is 0 Å². The van der Waals surface area contributed by atoms with Gasteiger partial charge in [0.1, 0.15) is 0 Å². The SMILES string of the molecule is CCC1(C)NC(C)N(C(CN(C)C)C(C)C)C1=O. The van der Waals surface area contributed by atoms with Gasteiger partial charge in [-0.1, -0.05) is 20.8 Å². The molecule has 4 heteroatoms. The van der Waals surface area contributed by atoms with Gasteiger partial charge in [0.15, 0.2) is 0 Å². The van der Waals surface area contributed by atoms with Crippen LogP contribution in [0.2, 0.25) is 0 Å². The molecule has 1 heterocycles. The Labute approximate surface area is 112 Å². The first-order valence-corrected chi connectivity index (χ1v) is 6.98. The van der Waals surface area contributed by atoms with Crippen molar-refractivity contribution in [3.8, 4) is 0 Å². The van der Waals surface area contributed by atoms with Crippen LogP contribution in [0.1, 0.15) is 41.0 Å². The molecule has 1 rings (SSSR count). The van der Waals surface area contributed by atoms with Gasteiger partial charge in [0.25, 0.3) is 0 Å². The van der Waals surface area contributed by atoms with Gasteiger partial charge in [-0.05, 0) is 40.3 Å². The van der Waals surface area contributed by atoms with Gasteiger partial charge in [-0.15, -0.1) is 0 Å². The molecule has 18 heavy (non-hydrogen) atoms. The molecule has 1 N–H and O–H groups in total. The molecule has 0 saturated carbocycles. The molecule has 1 saturated heterocycles. The monoisotopic (exact) mass is 255 g/mol. The van der Waals surface area contributed by atoms with Crippen molar-refractivity contribution in [2.24, 2.45) is 5.92 Å². The van der Waals surface area contributed by atoms with Crippen LogP contribution in [0.5, 0.6) is 0 Å². The van der Waals surface area contributed by atoms with E-state index in [9.17, 15) is 4.79 Å². The number of carbonyl (C=O) groups excluding carboxylic acids is 1. The first-order valence-electron chi connectivity index (χ1n) is 6.98. The summed E-state index contributed by atoms with van der Waals surface area (Å²) in [4.78, 5) is 16.8. The van der Waals surface area contributed by atoms with Gasteiger partial charge in [-0.25, -0.2) is 0 Å². The van der Waals surface area contributed by atoms with Crippen molar-refractivity contribution in [3.63, 3.8) is 0 Å². The molecule has 106 valence electrons. The molecule has 1 aliphatic rings. The molecule has 0 radical (unpaired) electrons. The average Bonchev–Trinajstić information content (AvgIpc) is 2.47. The third-order valence-corrected chi connectivity index (χ3v) is 4.04. The summed E-state index contributed by atoms with van der Waals surface area (Å²) in [6, 6.07) is 0.267. The van der Waals surface area contributed by atoms with Gasteiger partial charge < -0.3 is 9.80 Å². The lowest BCUT2D eigenvalue weighted by atomic mass is 9.96. The first kappa shape index (κ1) is 15.4. The van der Waals surface area contributed by atoms with E-state index in [4.69, 9.17) is 0 Å². The van der Waals surface area contributed by atoms with Gasteiger partial charge in [-0.2, -0.15) is 0 Å². The number of amides is 1. The lowest BCUT2D eigenvalue weighted by molar-refractivity contribution is -0.136. The van der Waals surface area contributed by atoms with E-state index >= 15 is 0 Å². The lowest BCUT2D eigenvalue weighted by Gasteiger charge is -2.36. The zero-order chi connectivity index (χ0) is 14.1. The highest BCUT2D eigenvalue weighted by atomic mass is 16.2. The number of nitrogens with zero attached hydrogens (tertiary/aromatic N) is 2. The van der Waals surface area contributed by atoms with Crippen molar-refractivity contribution in [2.75, 3.05) is 20.6 Å². The van der Waals surface area contributed by atoms with Gasteiger partial charge in [0.05, 0.1) is 11.7 Å². The molecule has 0 aromatic heterocycles. The van der Waals surface area contributed by atoms with Crippen molar-refractivity contribution in [1.29, 1.82) is 0 Å². The summed E-state index contributed by atoms with van der Waals surface area (Å²) < 4.78 is 0. The van der Waals surface area contributed by atoms with Crippen LogP contribution in [0.3, 0.4) is 0 Å². The van der Waals surface area contributed by atoms with Crippen LogP contribution < -0.4 is 5.32 Å². The van der Waals surface area contributed by atoms with Gasteiger partial charge in [-0.3, -0.25) is 10.1 Å². The minimum atomic E-state index is -0.390. The van der Waals surface area contributed by atoms with E-state index in [1.54, 1.807) is 0 Å². The molecule has 1 amide bonds. The fraction of sp³-hybridized carbons (Fsp3) is 0.929. The van der Waals surface area contributed by atoms with E-state index in [0.717, 1.165) is 13.0 Å². The Balaban J connectivity index is 2.95. The van der Waals surface area contributed by atoms with Gasteiger partial charge in [0, 0.05) is 12.6 Å². The van der Waals surface area contributed by atoms with Crippen LogP contribution in [0.15, 0.2) is 0 Å². The second kappa shape index (κ2) is 5.57. The van der Waals surface area contributed by atoms with E-state index < -0.39 is 5.54 Å². The molecular formula is C14H29N3O. The second-order valence-electron chi connectivity index (χ2n) is 6.29. The standard InChI is InChI=1S/C14H29N3O/c1-8-14(5)13(18)17(11(4)15-14)12(10(2)3)9-16(6)7/h10-12,15H,8-9H2,1-7H3. The highest BCUT2D eigenvalue weighted by Crippen LogP contribution is 2.27. The van der Waals surface area contributed by atoms with Crippen molar-refractivity contribution >= 4 is 5.91 Å². The van der Waals surface area contributed by atoms with E-state index in [-0.39, 0.29) is 18.1 Å². The topological polar surface area (TPSA) is 35.6 Å². The van der Waals surface area contributed by atoms with Crippen molar-refractivity contribution in [1.82, 2.24) is 15.1 Å². The van der Waals surface area contributed by atoms with Crippen LogP contribution in [-0.2, 0) is 4.79 Å². The summed E-state index contributed by atoms with van der Waals surface area (Å²) >= 11 is 0. The number of likely N-dealkylation sites (N-methyl/N-ethyl adjacent to an activating group) is 1. The Kier molecular flexibility index (Phi) is 4.78. The Hall–Kier alpha value is -0.610. The Morgan fingerprint density at radius 3 is 2.33 bits per heavy atom. The van der Waals surface area contributed by atoms with E-state index in [0.29, 0.717) is 5.92 Å². The predicted octanol–water partition coefficient (Wildman–Crippen LogP) is 1.52. The molecule has 0 spiro atoms. The number of hydrogen-bond donors (Lipinski definition) is 1. The third-order valence-electron chi connectivity index (χ3n) is 4.04. The molecule has 1 aliphatic heterocycles. The first-order chi connectivity index (χ1) is 8.23. The Morgan fingerprint density at radius 1 is 1.44 bits per heavy atom. The van der Waals surface area contributed by atoms with Crippen molar-refractivity contribution in [2.45, 2.75) is 58.8 Å². The average molecular weight is 255 g/mol. The van der Waals surface area contributed by atoms with Crippen LogP contribution in [0, 0.1) is 5.92 Å². The summed E-state index contributed by atoms with van der Waals surface area (Å²) in [5.74, 6) is 0.706. The Bertz CT molecular complexity index is 303. The van der Waals surface area contributed by atoms with Crippen LogP contribution in [0.25, 0.3) is 0 Å². The largest absolute Gasteiger partial charge is 0.321 e. The molecule has 4 nitrogen and oxygen atoms in total. The summed E-state index contributed by atoms with van der Waals surface area (Å²) in [7, 11) is 4.13. The summed E-state index contributed by atoms with van der Waals surface area (Å²) in [6.07, 6.45) is 0.953. The lowest BCUT2D eigenvalue weighted by Crippen LogP contribution is -2.51. The minimum Gasteiger partial charge on any atom is -0.321 e. The molecule has 0 aliphatic carbocycles. The van der Waals surface area contributed by atoms with Crippen molar-refractivity contribution < 1.29 is 4.79 Å². The zero-order valence-corrected chi connectivity index (χ0v) is 12.9. The predicted molar refractivity (Wildman–Crippen MR) is 75.3 cm³/mol. The molecule has 3 atom stereocenters. The summed E-state index contributed by atoms with van der Waals surface area (Å²) in [6.45, 7) is 11.5. The second-order valence-corrected chi connectivity index (χ2v) is 6.29. The van der Waals surface area contributed by atoms with E-state index in [2.05, 4.69) is 52.0 Å². The zero-order valence-electron chi connectivity index (χ0n) is 12.9. The van der Waals surface area contributed by atoms with Crippen LogP contribution in [0.4, 0.5) is 0 Å². The number of nitrogens with one attached hydrogen (secondary N) is 1. The normalized spacial score (nSPS) is 30.6. The highest BCUT2D eigenvalue weighted by Gasteiger charge is 2.47. The fourth-order valence-electron chi connectivity index (χ4n) is 2.74. The third kappa shape index (κ3) is 2.86. The van der Waals surface area contributed by atoms with Crippen molar-refractivity contribution in [3.05, 3.63) is 0 Å². The number of rotatable bonds is 5. The summed E-state index contributed by atoms with van der Waals surface area (Å²) in [5.41, 5.74) is -0.390. The molecule has 0 bridgehead atoms. The fourth-order valence-corrected chi connectivity index (χ4v) is 2.74. The smallest absolute Gasteiger partial charge is 0.244 e. The molecule has 0 aromatic rings. The maximum Gasteiger partial charge on any atom is 0.244 e. The highest BCUT2D eigenvalue weighted by molar-refractivity contribution is 5.88. The molecular weight excluding hydrogens is 226 g/mol. The van der Waals surface area contributed by atoms with E-state index in [1.165, 1.54) is 0 Å².